The van der Waals surface area contributed by atoms with E-state index in [4.69, 9.17) is 4.42 Å². The molecule has 0 aliphatic heterocycles. The van der Waals surface area contributed by atoms with Crippen LogP contribution in [0.25, 0.3) is 53.2 Å². The lowest BCUT2D eigenvalue weighted by Crippen LogP contribution is -2.09. The van der Waals surface area contributed by atoms with E-state index in [1.165, 1.54) is 31.3 Å². The highest BCUT2D eigenvalue weighted by molar-refractivity contribution is 7.25. The van der Waals surface area contributed by atoms with Gasteiger partial charge in [-0.25, -0.2) is 0 Å². The Balaban J connectivity index is 1.09. The summed E-state index contributed by atoms with van der Waals surface area (Å²) in [5, 5.41) is 4.73. The molecule has 0 aliphatic rings. The van der Waals surface area contributed by atoms with Gasteiger partial charge in [-0.05, 0) is 102 Å². The van der Waals surface area contributed by atoms with E-state index < -0.39 is 0 Å². The minimum Gasteiger partial charge on any atom is -0.456 e. The van der Waals surface area contributed by atoms with E-state index in [-0.39, 0.29) is 0 Å². The maximum atomic E-state index is 6.70. The molecule has 0 unspecified atom stereocenters. The number of benzene rings is 8. The Labute approximate surface area is 305 Å². The topological polar surface area (TPSA) is 19.6 Å². The quantitative estimate of drug-likeness (QED) is 0.167. The molecule has 0 aliphatic carbocycles. The zero-order valence-electron chi connectivity index (χ0n) is 28.2. The zero-order chi connectivity index (χ0) is 34.4. The average molecular weight is 685 g/mol. The van der Waals surface area contributed by atoms with Crippen molar-refractivity contribution in [1.29, 1.82) is 0 Å². The molecule has 0 radical (unpaired) electrons. The average Bonchev–Trinajstić information content (AvgIpc) is 3.76. The maximum Gasteiger partial charge on any atom is 0.137 e. The largest absolute Gasteiger partial charge is 0.456 e. The van der Waals surface area contributed by atoms with Crippen LogP contribution in [0.2, 0.25) is 0 Å². The third kappa shape index (κ3) is 5.29. The molecule has 0 spiro atoms. The molecule has 10 rings (SSSR count). The van der Waals surface area contributed by atoms with Crippen molar-refractivity contribution in [2.75, 3.05) is 9.80 Å². The summed E-state index contributed by atoms with van der Waals surface area (Å²) < 4.78 is 9.27. The molecule has 0 atom stereocenters. The molecule has 0 amide bonds. The SMILES string of the molecule is c1ccc(-c2ccc3sc4ccc(N(c5ccccc5)c5ccc6c(c5)oc5cc(N(c7ccccc7)c7ccccc7)ccc56)cc4c3c2)cc1. The van der Waals surface area contributed by atoms with Gasteiger partial charge in [0.15, 0.2) is 0 Å². The standard InChI is InChI=1S/C48H32N2OS/c1-5-13-33(14-6-1)34-21-27-47-43(29-34)44-30-38(24-28-48(44)52-47)50(37-19-11-4-12-20-37)40-23-26-42-41-25-22-39(31-45(41)51-46(42)32-40)49(35-15-7-2-8-16-35)36-17-9-3-10-18-36/h1-32H. The van der Waals surface area contributed by atoms with Crippen molar-refractivity contribution in [3.05, 3.63) is 194 Å². The summed E-state index contributed by atoms with van der Waals surface area (Å²) in [6.45, 7) is 0. The van der Waals surface area contributed by atoms with Crippen molar-refractivity contribution in [3.63, 3.8) is 0 Å². The van der Waals surface area contributed by atoms with Gasteiger partial charge in [-0.3, -0.25) is 0 Å². The first-order valence-electron chi connectivity index (χ1n) is 17.5. The highest BCUT2D eigenvalue weighted by Crippen LogP contribution is 2.44. The van der Waals surface area contributed by atoms with Crippen molar-refractivity contribution >= 4 is 87.6 Å². The van der Waals surface area contributed by atoms with Gasteiger partial charge in [-0.15, -0.1) is 11.3 Å². The Hall–Kier alpha value is -6.62. The fraction of sp³-hybridized carbons (Fsp3) is 0. The van der Waals surface area contributed by atoms with Crippen LogP contribution in [-0.4, -0.2) is 0 Å². The van der Waals surface area contributed by atoms with Crippen LogP contribution in [0.1, 0.15) is 0 Å². The lowest BCUT2D eigenvalue weighted by Gasteiger charge is -2.25. The summed E-state index contributed by atoms with van der Waals surface area (Å²) in [5.41, 5.74) is 10.6. The molecule has 52 heavy (non-hydrogen) atoms. The van der Waals surface area contributed by atoms with Crippen LogP contribution in [0.5, 0.6) is 0 Å². The van der Waals surface area contributed by atoms with Crippen LogP contribution in [-0.2, 0) is 0 Å². The monoisotopic (exact) mass is 684 g/mol. The number of hydrogen-bond acceptors (Lipinski definition) is 4. The fourth-order valence-electron chi connectivity index (χ4n) is 7.37. The minimum absolute atomic E-state index is 0.853. The molecule has 10 aromatic rings. The lowest BCUT2D eigenvalue weighted by molar-refractivity contribution is 0.669. The molecule has 0 N–H and O–H groups in total. The first-order chi connectivity index (χ1) is 25.8. The van der Waals surface area contributed by atoms with E-state index >= 15 is 0 Å². The van der Waals surface area contributed by atoms with Gasteiger partial charge in [0.25, 0.3) is 0 Å². The van der Waals surface area contributed by atoms with E-state index in [9.17, 15) is 0 Å². The Bertz CT molecular complexity index is 2810. The second-order valence-corrected chi connectivity index (χ2v) is 14.1. The maximum absolute atomic E-state index is 6.70. The predicted molar refractivity (Wildman–Crippen MR) is 221 cm³/mol. The second kappa shape index (κ2) is 12.6. The van der Waals surface area contributed by atoms with Gasteiger partial charge >= 0.3 is 0 Å². The molecule has 2 aromatic heterocycles. The van der Waals surface area contributed by atoms with Gasteiger partial charge in [-0.2, -0.15) is 0 Å². The molecule has 2 heterocycles. The molecule has 3 nitrogen and oxygen atoms in total. The first kappa shape index (κ1) is 30.2. The minimum atomic E-state index is 0.853. The van der Waals surface area contributed by atoms with E-state index in [2.05, 4.69) is 192 Å². The smallest absolute Gasteiger partial charge is 0.137 e. The highest BCUT2D eigenvalue weighted by atomic mass is 32.1. The van der Waals surface area contributed by atoms with Gasteiger partial charge in [0.1, 0.15) is 11.2 Å². The summed E-state index contributed by atoms with van der Waals surface area (Å²) in [6.07, 6.45) is 0. The van der Waals surface area contributed by atoms with Gasteiger partial charge in [0.2, 0.25) is 0 Å². The number of fused-ring (bicyclic) bond motifs is 6. The van der Waals surface area contributed by atoms with Crippen molar-refractivity contribution < 1.29 is 4.42 Å². The van der Waals surface area contributed by atoms with E-state index in [1.54, 1.807) is 0 Å². The van der Waals surface area contributed by atoms with Crippen LogP contribution in [0.3, 0.4) is 0 Å². The van der Waals surface area contributed by atoms with Crippen molar-refractivity contribution in [2.45, 2.75) is 0 Å². The molecule has 4 heteroatoms. The highest BCUT2D eigenvalue weighted by Gasteiger charge is 2.19. The van der Waals surface area contributed by atoms with E-state index in [0.29, 0.717) is 0 Å². The predicted octanol–water partition coefficient (Wildman–Crippen LogP) is 14.6. The van der Waals surface area contributed by atoms with E-state index in [1.807, 2.05) is 23.5 Å². The second-order valence-electron chi connectivity index (χ2n) is 13.0. The zero-order valence-corrected chi connectivity index (χ0v) is 29.0. The molecule has 8 aromatic carbocycles. The van der Waals surface area contributed by atoms with E-state index in [0.717, 1.165) is 56.1 Å². The Morgan fingerprint density at radius 3 is 1.27 bits per heavy atom. The summed E-state index contributed by atoms with van der Waals surface area (Å²) in [4.78, 5) is 4.59. The molecule has 246 valence electrons. The van der Waals surface area contributed by atoms with Crippen LogP contribution in [0, 0.1) is 0 Å². The van der Waals surface area contributed by atoms with Gasteiger partial charge < -0.3 is 14.2 Å². The number of anilines is 6. The Kier molecular flexibility index (Phi) is 7.33. The first-order valence-corrected chi connectivity index (χ1v) is 18.3. The molecule has 0 fully saturated rings. The number of furan rings is 1. The third-order valence-electron chi connectivity index (χ3n) is 9.82. The van der Waals surface area contributed by atoms with Crippen LogP contribution < -0.4 is 9.80 Å². The van der Waals surface area contributed by atoms with Crippen LogP contribution in [0.4, 0.5) is 34.1 Å². The van der Waals surface area contributed by atoms with Gasteiger partial charge in [0.05, 0.1) is 0 Å². The Morgan fingerprint density at radius 2 is 0.731 bits per heavy atom. The molecule has 0 saturated heterocycles. The van der Waals surface area contributed by atoms with Crippen LogP contribution >= 0.6 is 11.3 Å². The van der Waals surface area contributed by atoms with Gasteiger partial charge in [0, 0.05) is 77.2 Å². The number of hydrogen-bond donors (Lipinski definition) is 0. The molecular formula is C48H32N2OS. The Morgan fingerprint density at radius 1 is 0.308 bits per heavy atom. The summed E-state index contributed by atoms with van der Waals surface area (Å²) in [7, 11) is 0. The summed E-state index contributed by atoms with van der Waals surface area (Å²) >= 11 is 1.85. The molecule has 0 bridgehead atoms. The van der Waals surface area contributed by atoms with Crippen molar-refractivity contribution in [1.82, 2.24) is 0 Å². The molecule has 0 saturated carbocycles. The van der Waals surface area contributed by atoms with Gasteiger partial charge in [-0.1, -0.05) is 91.0 Å². The van der Waals surface area contributed by atoms with Crippen LogP contribution in [0.15, 0.2) is 199 Å². The third-order valence-corrected chi connectivity index (χ3v) is 11.0. The van der Waals surface area contributed by atoms with Crippen molar-refractivity contribution in [2.24, 2.45) is 0 Å². The van der Waals surface area contributed by atoms with Crippen molar-refractivity contribution in [3.8, 4) is 11.1 Å². The number of nitrogens with zero attached hydrogens (tertiary/aromatic N) is 2. The summed E-state index contributed by atoms with van der Waals surface area (Å²) in [5.74, 6) is 0. The number of rotatable bonds is 7. The normalized spacial score (nSPS) is 11.5. The molecular weight excluding hydrogens is 653 g/mol. The number of para-hydroxylation sites is 3. The summed E-state index contributed by atoms with van der Waals surface area (Å²) in [6, 6.07) is 68.9. The lowest BCUT2D eigenvalue weighted by atomic mass is 10.0. The number of thiophene rings is 1. The fourth-order valence-corrected chi connectivity index (χ4v) is 8.44.